The van der Waals surface area contributed by atoms with E-state index in [-0.39, 0.29) is 51.0 Å². The summed E-state index contributed by atoms with van der Waals surface area (Å²) in [6.45, 7) is 6.41. The Balaban J connectivity index is -0.000000213. The molecule has 1 unspecified atom stereocenters. The van der Waals surface area contributed by atoms with E-state index in [9.17, 15) is 0 Å². The third-order valence-corrected chi connectivity index (χ3v) is 1.57. The molecule has 1 aliphatic carbocycles. The monoisotopic (exact) mass is 269 g/mol. The first-order valence-corrected chi connectivity index (χ1v) is 2.98. The molecule has 3 heteroatoms. The molecule has 0 saturated carbocycles. The molecule has 64 valence electrons. The van der Waals surface area contributed by atoms with E-state index in [1.165, 1.54) is 11.1 Å². The van der Waals surface area contributed by atoms with Gasteiger partial charge in [0.05, 0.1) is 0 Å². The fourth-order valence-corrected chi connectivity index (χ4v) is 0.964. The number of allylic oxidation sites excluding steroid dienone is 4. The van der Waals surface area contributed by atoms with Crippen LogP contribution in [0.5, 0.6) is 0 Å². The molecule has 0 aromatic carbocycles. The molecule has 0 amide bonds. The van der Waals surface area contributed by atoms with Crippen LogP contribution in [-0.4, -0.2) is 0 Å². The van der Waals surface area contributed by atoms with Gasteiger partial charge in [0.25, 0.3) is 0 Å². The Morgan fingerprint density at radius 1 is 1.27 bits per heavy atom. The van der Waals surface area contributed by atoms with E-state index in [4.69, 9.17) is 0 Å². The van der Waals surface area contributed by atoms with E-state index in [0.717, 1.165) is 0 Å². The summed E-state index contributed by atoms with van der Waals surface area (Å²) in [4.78, 5) is 0. The van der Waals surface area contributed by atoms with Gasteiger partial charge in [-0.25, -0.2) is 11.6 Å². The molecular weight excluding hydrogens is 258 g/mol. The van der Waals surface area contributed by atoms with Crippen LogP contribution >= 0.6 is 24.8 Å². The van der Waals surface area contributed by atoms with Gasteiger partial charge in [-0.3, -0.25) is 6.08 Å². The van der Waals surface area contributed by atoms with E-state index in [2.05, 4.69) is 32.9 Å². The SMILES string of the molecule is CC1=[C-]C(C)C(C)=C1.Cl.Cl.[Zr]. The molecule has 11 heavy (non-hydrogen) atoms. The van der Waals surface area contributed by atoms with Crippen molar-refractivity contribution >= 4 is 24.8 Å². The van der Waals surface area contributed by atoms with E-state index in [1.54, 1.807) is 0 Å². The van der Waals surface area contributed by atoms with Gasteiger partial charge in [0.2, 0.25) is 0 Å². The van der Waals surface area contributed by atoms with Crippen LogP contribution in [0, 0.1) is 12.0 Å². The van der Waals surface area contributed by atoms with Gasteiger partial charge in [-0.15, -0.1) is 24.8 Å². The molecule has 1 aliphatic rings. The zero-order valence-electron chi connectivity index (χ0n) is 6.97. The molecular formula is C8H13Cl2Zr-. The first-order valence-electron chi connectivity index (χ1n) is 2.98. The predicted octanol–water partition coefficient (Wildman–Crippen LogP) is 3.17. The standard InChI is InChI=1S/C8H11.2ClH.Zr/c1-6-4-7(2)8(3)5-6;;;/h4,8H,1-3H3;2*1H;/q-1;;;. The van der Waals surface area contributed by atoms with E-state index >= 15 is 0 Å². The number of hydrogen-bond acceptors (Lipinski definition) is 0. The normalized spacial score (nSPS) is 20.1. The molecule has 0 fully saturated rings. The van der Waals surface area contributed by atoms with Crippen LogP contribution in [0.3, 0.4) is 0 Å². The van der Waals surface area contributed by atoms with Gasteiger partial charge in [-0.1, -0.05) is 26.7 Å². The maximum Gasteiger partial charge on any atom is 0 e. The molecule has 0 nitrogen and oxygen atoms in total. The number of hydrogen-bond donors (Lipinski definition) is 0. The van der Waals surface area contributed by atoms with Crippen LogP contribution in [-0.2, 0) is 26.2 Å². The summed E-state index contributed by atoms with van der Waals surface area (Å²) >= 11 is 0. The number of rotatable bonds is 0. The Hall–Kier alpha value is 0.943. The van der Waals surface area contributed by atoms with Gasteiger partial charge >= 0.3 is 0 Å². The Morgan fingerprint density at radius 3 is 1.82 bits per heavy atom. The first-order chi connectivity index (χ1) is 3.70. The van der Waals surface area contributed by atoms with E-state index in [1.807, 2.05) is 0 Å². The van der Waals surface area contributed by atoms with Crippen molar-refractivity contribution in [3.63, 3.8) is 0 Å². The van der Waals surface area contributed by atoms with Crippen LogP contribution in [0.4, 0.5) is 0 Å². The minimum Gasteiger partial charge on any atom is -0.266 e. The summed E-state index contributed by atoms with van der Waals surface area (Å²) in [6.07, 6.45) is 5.48. The summed E-state index contributed by atoms with van der Waals surface area (Å²) < 4.78 is 0. The Bertz CT molecular complexity index is 161. The second kappa shape index (κ2) is 7.58. The summed E-state index contributed by atoms with van der Waals surface area (Å²) in [5, 5.41) is 0. The maximum absolute atomic E-state index is 3.29. The fourth-order valence-electron chi connectivity index (χ4n) is 0.964. The van der Waals surface area contributed by atoms with Gasteiger partial charge in [-0.2, -0.15) is 5.57 Å². The predicted molar refractivity (Wildman–Crippen MR) is 49.8 cm³/mol. The Kier molecular flexibility index (Phi) is 12.3. The van der Waals surface area contributed by atoms with Crippen molar-refractivity contribution in [1.29, 1.82) is 0 Å². The average Bonchev–Trinajstić information content (AvgIpc) is 1.85. The van der Waals surface area contributed by atoms with Crippen LogP contribution in [0.15, 0.2) is 17.2 Å². The van der Waals surface area contributed by atoms with Crippen molar-refractivity contribution in [3.8, 4) is 0 Å². The van der Waals surface area contributed by atoms with Gasteiger partial charge in [0.1, 0.15) is 0 Å². The maximum atomic E-state index is 3.29. The zero-order chi connectivity index (χ0) is 6.15. The van der Waals surface area contributed by atoms with Crippen LogP contribution < -0.4 is 0 Å². The smallest absolute Gasteiger partial charge is 0 e. The second-order valence-corrected chi connectivity index (χ2v) is 2.44. The molecule has 0 aromatic rings. The molecule has 0 aromatic heterocycles. The molecule has 0 N–H and O–H groups in total. The second-order valence-electron chi connectivity index (χ2n) is 2.44. The molecule has 0 spiro atoms. The fraction of sp³-hybridized carbons (Fsp3) is 0.500. The summed E-state index contributed by atoms with van der Waals surface area (Å²) in [7, 11) is 0. The Morgan fingerprint density at radius 2 is 1.73 bits per heavy atom. The number of halogens is 2. The largest absolute Gasteiger partial charge is 0.266 e. The molecule has 1 rings (SSSR count). The third kappa shape index (κ3) is 5.22. The summed E-state index contributed by atoms with van der Waals surface area (Å²) in [5.41, 5.74) is 2.72. The van der Waals surface area contributed by atoms with Gasteiger partial charge in [0, 0.05) is 26.2 Å². The van der Waals surface area contributed by atoms with Crippen molar-refractivity contribution in [2.75, 3.05) is 0 Å². The van der Waals surface area contributed by atoms with Gasteiger partial charge in [0.15, 0.2) is 0 Å². The molecule has 1 atom stereocenters. The molecule has 0 heterocycles. The molecule has 0 aliphatic heterocycles. The average molecular weight is 271 g/mol. The van der Waals surface area contributed by atoms with Crippen molar-refractivity contribution < 1.29 is 26.2 Å². The third-order valence-electron chi connectivity index (χ3n) is 1.57. The van der Waals surface area contributed by atoms with Crippen LogP contribution in [0.1, 0.15) is 20.8 Å². The van der Waals surface area contributed by atoms with Crippen molar-refractivity contribution in [3.05, 3.63) is 23.3 Å². The van der Waals surface area contributed by atoms with Crippen molar-refractivity contribution in [2.24, 2.45) is 5.92 Å². The molecule has 0 bridgehead atoms. The van der Waals surface area contributed by atoms with E-state index in [0.29, 0.717) is 5.92 Å². The molecule has 0 radical (unpaired) electrons. The van der Waals surface area contributed by atoms with Crippen molar-refractivity contribution in [1.82, 2.24) is 0 Å². The zero-order valence-corrected chi connectivity index (χ0v) is 11.1. The quantitative estimate of drug-likeness (QED) is 0.594. The summed E-state index contributed by atoms with van der Waals surface area (Å²) in [5.74, 6) is 0.565. The van der Waals surface area contributed by atoms with Crippen LogP contribution in [0.25, 0.3) is 0 Å². The minimum atomic E-state index is 0. The summed E-state index contributed by atoms with van der Waals surface area (Å²) in [6, 6.07) is 0. The van der Waals surface area contributed by atoms with E-state index < -0.39 is 0 Å². The van der Waals surface area contributed by atoms with Crippen LogP contribution in [0.2, 0.25) is 0 Å². The first kappa shape index (κ1) is 17.9. The van der Waals surface area contributed by atoms with Gasteiger partial charge in [-0.05, 0) is 0 Å². The molecule has 0 saturated heterocycles. The Labute approximate surface area is 100 Å². The van der Waals surface area contributed by atoms with Crippen molar-refractivity contribution in [2.45, 2.75) is 20.8 Å². The minimum absolute atomic E-state index is 0. The topological polar surface area (TPSA) is 0 Å². The van der Waals surface area contributed by atoms with Gasteiger partial charge < -0.3 is 0 Å².